The molecule has 0 spiro atoms. The smallest absolute Gasteiger partial charge is 0.193 e. The fourth-order valence-electron chi connectivity index (χ4n) is 2.68. The van der Waals surface area contributed by atoms with Crippen molar-refractivity contribution < 1.29 is 9.47 Å². The highest BCUT2D eigenvalue weighted by Gasteiger charge is 2.38. The molecule has 2 aromatic carbocycles. The van der Waals surface area contributed by atoms with Gasteiger partial charge in [0.05, 0.1) is 25.9 Å². The quantitative estimate of drug-likeness (QED) is 0.641. The van der Waals surface area contributed by atoms with Crippen LogP contribution in [0.4, 0.5) is 5.69 Å². The Morgan fingerprint density at radius 2 is 2.04 bits per heavy atom. The van der Waals surface area contributed by atoms with Gasteiger partial charge in [-0.3, -0.25) is 0 Å². The molecule has 1 aliphatic rings. The van der Waals surface area contributed by atoms with E-state index in [4.69, 9.17) is 26.8 Å². The van der Waals surface area contributed by atoms with Crippen LogP contribution in [0.1, 0.15) is 17.9 Å². The Bertz CT molecular complexity index is 764. The van der Waals surface area contributed by atoms with Crippen LogP contribution in [0.5, 0.6) is 11.5 Å². The summed E-state index contributed by atoms with van der Waals surface area (Å²) in [6.45, 7) is 0. The Kier molecular flexibility index (Phi) is 4.81. The number of aliphatic imine (C=N–C) groups is 1. The van der Waals surface area contributed by atoms with Gasteiger partial charge in [0.2, 0.25) is 0 Å². The highest BCUT2D eigenvalue weighted by molar-refractivity contribution is 6.30. The van der Waals surface area contributed by atoms with E-state index in [0.29, 0.717) is 23.4 Å². The van der Waals surface area contributed by atoms with Crippen LogP contribution in [0, 0.1) is 0 Å². The van der Waals surface area contributed by atoms with Gasteiger partial charge in [0.1, 0.15) is 11.5 Å². The molecule has 5 nitrogen and oxygen atoms in total. The van der Waals surface area contributed by atoms with E-state index >= 15 is 0 Å². The molecule has 2 atom stereocenters. The summed E-state index contributed by atoms with van der Waals surface area (Å²) in [5, 5.41) is 3.83. The second-order valence-corrected chi connectivity index (χ2v) is 6.11. The number of hydrogen-bond donors (Lipinski definition) is 2. The summed E-state index contributed by atoms with van der Waals surface area (Å²) in [7, 11) is 3.22. The van der Waals surface area contributed by atoms with Crippen molar-refractivity contribution in [2.75, 3.05) is 19.5 Å². The molecule has 1 fully saturated rings. The molecule has 3 N–H and O–H groups in total. The van der Waals surface area contributed by atoms with Gasteiger partial charge < -0.3 is 20.5 Å². The van der Waals surface area contributed by atoms with Crippen molar-refractivity contribution >= 4 is 23.2 Å². The predicted molar refractivity (Wildman–Crippen MR) is 97.4 cm³/mol. The molecule has 1 aliphatic carbocycles. The molecule has 0 radical (unpaired) electrons. The zero-order valence-electron chi connectivity index (χ0n) is 13.6. The minimum Gasteiger partial charge on any atom is -0.497 e. The second-order valence-electron chi connectivity index (χ2n) is 5.67. The van der Waals surface area contributed by atoms with Crippen LogP contribution in [0.2, 0.25) is 5.02 Å². The Hall–Kier alpha value is -2.40. The molecule has 0 aromatic heterocycles. The Balaban J connectivity index is 1.70. The van der Waals surface area contributed by atoms with Crippen LogP contribution in [0.25, 0.3) is 0 Å². The predicted octanol–water partition coefficient (Wildman–Crippen LogP) is 3.64. The third kappa shape index (κ3) is 3.74. The largest absolute Gasteiger partial charge is 0.497 e. The summed E-state index contributed by atoms with van der Waals surface area (Å²) in [4.78, 5) is 4.55. The highest BCUT2D eigenvalue weighted by Crippen LogP contribution is 2.44. The standard InChI is InChI=1S/C18H20ClN3O2/c1-23-13-6-7-17(24-2)16(9-13)22-18(20)21-15-10-14(15)11-4-3-5-12(19)8-11/h3-9,14-15H,10H2,1-2H3,(H3,20,21,22). The number of methoxy groups -OCH3 is 2. The lowest BCUT2D eigenvalue weighted by Crippen LogP contribution is -2.23. The normalized spacial score (nSPS) is 19.7. The Morgan fingerprint density at radius 3 is 2.75 bits per heavy atom. The van der Waals surface area contributed by atoms with E-state index in [0.717, 1.165) is 17.1 Å². The summed E-state index contributed by atoms with van der Waals surface area (Å²) in [6, 6.07) is 13.5. The van der Waals surface area contributed by atoms with E-state index in [1.165, 1.54) is 5.56 Å². The molecule has 2 aromatic rings. The fourth-order valence-corrected chi connectivity index (χ4v) is 2.88. The molecule has 126 valence electrons. The molecule has 0 aliphatic heterocycles. The minimum atomic E-state index is 0.174. The number of anilines is 1. The fraction of sp³-hybridized carbons (Fsp3) is 0.278. The van der Waals surface area contributed by atoms with Crippen molar-refractivity contribution in [1.29, 1.82) is 0 Å². The molecule has 0 bridgehead atoms. The second kappa shape index (κ2) is 7.01. The third-order valence-electron chi connectivity index (χ3n) is 4.01. The summed E-state index contributed by atoms with van der Waals surface area (Å²) in [6.07, 6.45) is 0.970. The van der Waals surface area contributed by atoms with Gasteiger partial charge in [0.25, 0.3) is 0 Å². The van der Waals surface area contributed by atoms with Crippen molar-refractivity contribution in [1.82, 2.24) is 0 Å². The highest BCUT2D eigenvalue weighted by atomic mass is 35.5. The van der Waals surface area contributed by atoms with Gasteiger partial charge in [-0.1, -0.05) is 23.7 Å². The van der Waals surface area contributed by atoms with E-state index in [9.17, 15) is 0 Å². The Labute approximate surface area is 146 Å². The monoisotopic (exact) mass is 345 g/mol. The number of guanidine groups is 1. The first kappa shape index (κ1) is 16.5. The lowest BCUT2D eigenvalue weighted by molar-refractivity contribution is 0.405. The number of benzene rings is 2. The van der Waals surface area contributed by atoms with Gasteiger partial charge in [0.15, 0.2) is 5.96 Å². The zero-order valence-corrected chi connectivity index (χ0v) is 14.4. The van der Waals surface area contributed by atoms with E-state index in [1.807, 2.05) is 36.4 Å². The van der Waals surface area contributed by atoms with Crippen molar-refractivity contribution in [3.8, 4) is 11.5 Å². The third-order valence-corrected chi connectivity index (χ3v) is 4.24. The van der Waals surface area contributed by atoms with Crippen molar-refractivity contribution in [2.24, 2.45) is 10.7 Å². The number of nitrogens with two attached hydrogens (primary N) is 1. The molecular weight excluding hydrogens is 326 g/mol. The number of hydrogen-bond acceptors (Lipinski definition) is 3. The van der Waals surface area contributed by atoms with Crippen LogP contribution in [-0.2, 0) is 0 Å². The number of halogens is 1. The maximum absolute atomic E-state index is 6.05. The van der Waals surface area contributed by atoms with Crippen LogP contribution < -0.4 is 20.5 Å². The van der Waals surface area contributed by atoms with Crippen molar-refractivity contribution in [3.63, 3.8) is 0 Å². The van der Waals surface area contributed by atoms with Crippen LogP contribution in [0.3, 0.4) is 0 Å². The molecule has 2 unspecified atom stereocenters. The first-order valence-electron chi connectivity index (χ1n) is 7.68. The van der Waals surface area contributed by atoms with E-state index < -0.39 is 0 Å². The van der Waals surface area contributed by atoms with Crippen molar-refractivity contribution in [3.05, 3.63) is 53.1 Å². The van der Waals surface area contributed by atoms with Crippen LogP contribution >= 0.6 is 11.6 Å². The van der Waals surface area contributed by atoms with E-state index in [-0.39, 0.29) is 6.04 Å². The molecule has 1 saturated carbocycles. The maximum atomic E-state index is 6.05. The average Bonchev–Trinajstić information content (AvgIpc) is 3.33. The number of nitrogens with zero attached hydrogens (tertiary/aromatic N) is 1. The summed E-state index contributed by atoms with van der Waals surface area (Å²) in [5.41, 5.74) is 7.97. The first-order chi connectivity index (χ1) is 11.6. The molecular formula is C18H20ClN3O2. The number of rotatable bonds is 5. The Morgan fingerprint density at radius 1 is 1.21 bits per heavy atom. The molecule has 3 rings (SSSR count). The summed E-state index contributed by atoms with van der Waals surface area (Å²) in [5.74, 6) is 2.12. The van der Waals surface area contributed by atoms with Crippen LogP contribution in [0.15, 0.2) is 47.5 Å². The lowest BCUT2D eigenvalue weighted by Gasteiger charge is -2.12. The molecule has 0 saturated heterocycles. The van der Waals surface area contributed by atoms with Crippen LogP contribution in [-0.4, -0.2) is 26.2 Å². The molecule has 6 heteroatoms. The topological polar surface area (TPSA) is 68.9 Å². The number of nitrogens with one attached hydrogen (secondary N) is 1. The first-order valence-corrected chi connectivity index (χ1v) is 8.06. The summed E-state index contributed by atoms with van der Waals surface area (Å²) < 4.78 is 10.6. The minimum absolute atomic E-state index is 0.174. The number of ether oxygens (including phenoxy) is 2. The molecule has 24 heavy (non-hydrogen) atoms. The maximum Gasteiger partial charge on any atom is 0.193 e. The zero-order chi connectivity index (χ0) is 17.1. The van der Waals surface area contributed by atoms with Crippen molar-refractivity contribution in [2.45, 2.75) is 18.4 Å². The van der Waals surface area contributed by atoms with E-state index in [2.05, 4.69) is 16.4 Å². The molecule has 0 amide bonds. The summed E-state index contributed by atoms with van der Waals surface area (Å²) >= 11 is 6.04. The van der Waals surface area contributed by atoms with Gasteiger partial charge in [-0.05, 0) is 36.2 Å². The van der Waals surface area contributed by atoms with Gasteiger partial charge in [-0.25, -0.2) is 4.99 Å². The van der Waals surface area contributed by atoms with Gasteiger partial charge in [-0.2, -0.15) is 0 Å². The van der Waals surface area contributed by atoms with E-state index in [1.54, 1.807) is 14.2 Å². The SMILES string of the molecule is COc1ccc(OC)c(NC(N)=NC2CC2c2cccc(Cl)c2)c1. The van der Waals surface area contributed by atoms with Gasteiger partial charge in [0, 0.05) is 17.0 Å². The van der Waals surface area contributed by atoms with Gasteiger partial charge >= 0.3 is 0 Å². The van der Waals surface area contributed by atoms with Gasteiger partial charge in [-0.15, -0.1) is 0 Å². The molecule has 0 heterocycles. The lowest BCUT2D eigenvalue weighted by atomic mass is 10.1. The average molecular weight is 346 g/mol.